The normalized spacial score (nSPS) is 15.6. The number of fused-ring (bicyclic) bond motifs is 1. The smallest absolute Gasteiger partial charge is 0.410 e. The fourth-order valence-corrected chi connectivity index (χ4v) is 4.12. The van der Waals surface area contributed by atoms with E-state index in [1.807, 2.05) is 53.7 Å². The van der Waals surface area contributed by atoms with Crippen LogP contribution in [0, 0.1) is 6.92 Å². The van der Waals surface area contributed by atoms with E-state index in [9.17, 15) is 9.59 Å². The molecule has 1 aliphatic heterocycles. The van der Waals surface area contributed by atoms with Gasteiger partial charge in [-0.3, -0.25) is 4.79 Å². The van der Waals surface area contributed by atoms with E-state index in [1.54, 1.807) is 11.0 Å². The first-order valence-corrected chi connectivity index (χ1v) is 11.4. The van der Waals surface area contributed by atoms with Gasteiger partial charge in [0.05, 0.1) is 28.5 Å². The van der Waals surface area contributed by atoms with Crippen LogP contribution in [0.5, 0.6) is 0 Å². The Kier molecular flexibility index (Phi) is 6.79. The minimum Gasteiger partial charge on any atom is -0.444 e. The molecule has 0 N–H and O–H groups in total. The highest BCUT2D eigenvalue weighted by molar-refractivity contribution is 6.34. The summed E-state index contributed by atoms with van der Waals surface area (Å²) < 4.78 is 6.95. The van der Waals surface area contributed by atoms with Crippen LogP contribution in [0.4, 0.5) is 4.79 Å². The maximum atomic E-state index is 13.5. The first-order chi connectivity index (χ1) is 14.7. The minimum atomic E-state index is -0.569. The molecule has 0 atom stereocenters. The second kappa shape index (κ2) is 9.03. The number of carbonyl (C=O) groups is 2. The van der Waals surface area contributed by atoms with Crippen molar-refractivity contribution in [3.05, 3.63) is 51.3 Å². The molecule has 31 heavy (non-hydrogen) atoms. The van der Waals surface area contributed by atoms with Crippen LogP contribution in [0.25, 0.3) is 0 Å². The molecule has 2 aromatic rings. The average molecular weight is 446 g/mol. The molecule has 4 rings (SSSR count). The average Bonchev–Trinajstić information content (AvgIpc) is 3.51. The minimum absolute atomic E-state index is 0.229. The summed E-state index contributed by atoms with van der Waals surface area (Å²) in [5.41, 5.74) is 3.53. The predicted octanol–water partition coefficient (Wildman–Crippen LogP) is 5.73. The molecule has 2 aliphatic rings. The second-order valence-electron chi connectivity index (χ2n) is 8.86. The van der Waals surface area contributed by atoms with Crippen molar-refractivity contribution in [2.45, 2.75) is 78.9 Å². The number of nitrogens with zero attached hydrogens (tertiary/aromatic N) is 3. The Morgan fingerprint density at radius 3 is 2.48 bits per heavy atom. The number of benzene rings is 1. The van der Waals surface area contributed by atoms with Crippen LogP contribution >= 0.6 is 11.6 Å². The SMILES string of the molecule is CC.Cc1nn(C(=O)c2c(Cl)cccc2C2CC2)c2c1CCN(C(=O)OC(C)(C)C)C2. The van der Waals surface area contributed by atoms with Crippen LogP contribution in [0.3, 0.4) is 0 Å². The van der Waals surface area contributed by atoms with E-state index in [0.717, 1.165) is 35.4 Å². The zero-order valence-corrected chi connectivity index (χ0v) is 20.0. The van der Waals surface area contributed by atoms with Crippen molar-refractivity contribution >= 4 is 23.6 Å². The number of rotatable bonds is 2. The lowest BCUT2D eigenvalue weighted by atomic mass is 10.0. The Morgan fingerprint density at radius 1 is 1.19 bits per heavy atom. The van der Waals surface area contributed by atoms with Crippen molar-refractivity contribution in [2.24, 2.45) is 0 Å². The molecule has 0 spiro atoms. The molecule has 1 saturated carbocycles. The zero-order valence-electron chi connectivity index (χ0n) is 19.3. The predicted molar refractivity (Wildman–Crippen MR) is 122 cm³/mol. The number of hydrogen-bond donors (Lipinski definition) is 0. The van der Waals surface area contributed by atoms with Crippen LogP contribution in [0.2, 0.25) is 5.02 Å². The molecule has 0 bridgehead atoms. The molecule has 1 fully saturated rings. The molecule has 1 aromatic heterocycles. The van der Waals surface area contributed by atoms with Crippen molar-refractivity contribution in [2.75, 3.05) is 6.54 Å². The maximum Gasteiger partial charge on any atom is 0.410 e. The van der Waals surface area contributed by atoms with E-state index < -0.39 is 5.60 Å². The van der Waals surface area contributed by atoms with Gasteiger partial charge in [-0.15, -0.1) is 0 Å². The Hall–Kier alpha value is -2.34. The molecule has 1 aliphatic carbocycles. The standard InChI is InChI=1S/C22H26ClN3O3.C2H6/c1-13-15-10-11-25(21(28)29-22(2,3)4)12-18(15)26(24-13)20(27)19-16(14-8-9-14)6-5-7-17(19)23;1-2/h5-7,14H,8-12H2,1-4H3;1-2H3. The van der Waals surface area contributed by atoms with Gasteiger partial charge in [0.1, 0.15) is 5.60 Å². The van der Waals surface area contributed by atoms with Crippen LogP contribution < -0.4 is 0 Å². The monoisotopic (exact) mass is 445 g/mol. The largest absolute Gasteiger partial charge is 0.444 e. The zero-order chi connectivity index (χ0) is 22.9. The quantitative estimate of drug-likeness (QED) is 0.592. The lowest BCUT2D eigenvalue weighted by Crippen LogP contribution is -2.40. The molecular weight excluding hydrogens is 414 g/mol. The highest BCUT2D eigenvalue weighted by atomic mass is 35.5. The molecule has 1 aromatic carbocycles. The van der Waals surface area contributed by atoms with E-state index in [4.69, 9.17) is 16.3 Å². The van der Waals surface area contributed by atoms with Gasteiger partial charge in [0.25, 0.3) is 5.91 Å². The van der Waals surface area contributed by atoms with E-state index in [2.05, 4.69) is 5.10 Å². The molecule has 168 valence electrons. The fraction of sp³-hybridized carbons (Fsp3) is 0.542. The van der Waals surface area contributed by atoms with Gasteiger partial charge in [-0.1, -0.05) is 37.6 Å². The highest BCUT2D eigenvalue weighted by Gasteiger charge is 2.34. The second-order valence-corrected chi connectivity index (χ2v) is 9.27. The number of amides is 1. The van der Waals surface area contributed by atoms with Crippen LogP contribution in [0.1, 0.15) is 86.3 Å². The molecule has 0 saturated heterocycles. The Balaban J connectivity index is 0.00000132. The Bertz CT molecular complexity index is 987. The first kappa shape index (κ1) is 23.3. The molecule has 7 heteroatoms. The maximum absolute atomic E-state index is 13.5. The van der Waals surface area contributed by atoms with Gasteiger partial charge < -0.3 is 9.64 Å². The summed E-state index contributed by atoms with van der Waals surface area (Å²) in [5, 5.41) is 4.97. The lowest BCUT2D eigenvalue weighted by molar-refractivity contribution is 0.0218. The van der Waals surface area contributed by atoms with Crippen molar-refractivity contribution in [3.63, 3.8) is 0 Å². The van der Waals surface area contributed by atoms with Crippen LogP contribution in [-0.2, 0) is 17.7 Å². The molecule has 0 radical (unpaired) electrons. The topological polar surface area (TPSA) is 64.4 Å². The molecular formula is C24H32ClN3O3. The number of halogens is 1. The summed E-state index contributed by atoms with van der Waals surface area (Å²) in [6.45, 7) is 12.3. The fourth-order valence-electron chi connectivity index (χ4n) is 3.86. The van der Waals surface area contributed by atoms with Crippen molar-refractivity contribution in [1.29, 1.82) is 0 Å². The van der Waals surface area contributed by atoms with Crippen molar-refractivity contribution < 1.29 is 14.3 Å². The van der Waals surface area contributed by atoms with Gasteiger partial charge in [-0.25, -0.2) is 4.79 Å². The molecule has 6 nitrogen and oxygen atoms in total. The van der Waals surface area contributed by atoms with Crippen molar-refractivity contribution in [3.8, 4) is 0 Å². The number of carbonyl (C=O) groups excluding carboxylic acids is 2. The summed E-state index contributed by atoms with van der Waals surface area (Å²) in [6, 6.07) is 5.61. The first-order valence-electron chi connectivity index (χ1n) is 11.0. The number of ether oxygens (including phenoxy) is 1. The lowest BCUT2D eigenvalue weighted by Gasteiger charge is -2.30. The van der Waals surface area contributed by atoms with Gasteiger partial charge in [0, 0.05) is 12.1 Å². The highest BCUT2D eigenvalue weighted by Crippen LogP contribution is 2.43. The third-order valence-electron chi connectivity index (χ3n) is 5.38. The number of hydrogen-bond acceptors (Lipinski definition) is 4. The van der Waals surface area contributed by atoms with E-state index in [-0.39, 0.29) is 12.0 Å². The van der Waals surface area contributed by atoms with Gasteiger partial charge in [0.2, 0.25) is 0 Å². The van der Waals surface area contributed by atoms with E-state index >= 15 is 0 Å². The number of aryl methyl sites for hydroxylation is 1. The third-order valence-corrected chi connectivity index (χ3v) is 5.70. The van der Waals surface area contributed by atoms with Crippen LogP contribution in [-0.4, -0.2) is 38.8 Å². The summed E-state index contributed by atoms with van der Waals surface area (Å²) in [5.74, 6) is 0.159. The Morgan fingerprint density at radius 2 is 1.87 bits per heavy atom. The molecule has 0 unspecified atom stereocenters. The van der Waals surface area contributed by atoms with Gasteiger partial charge in [0.15, 0.2) is 0 Å². The summed E-state index contributed by atoms with van der Waals surface area (Å²) in [6.07, 6.45) is 2.41. The molecule has 2 heterocycles. The summed E-state index contributed by atoms with van der Waals surface area (Å²) >= 11 is 6.44. The molecule has 1 amide bonds. The van der Waals surface area contributed by atoms with Crippen molar-refractivity contribution in [1.82, 2.24) is 14.7 Å². The number of aromatic nitrogens is 2. The summed E-state index contributed by atoms with van der Waals surface area (Å²) in [7, 11) is 0. The van der Waals surface area contributed by atoms with Gasteiger partial charge >= 0.3 is 6.09 Å². The summed E-state index contributed by atoms with van der Waals surface area (Å²) in [4.78, 5) is 27.7. The van der Waals surface area contributed by atoms with Gasteiger partial charge in [-0.05, 0) is 64.5 Å². The third kappa shape index (κ3) is 4.95. The van der Waals surface area contributed by atoms with E-state index in [0.29, 0.717) is 36.0 Å². The van der Waals surface area contributed by atoms with Crippen LogP contribution in [0.15, 0.2) is 18.2 Å². The van der Waals surface area contributed by atoms with Gasteiger partial charge in [-0.2, -0.15) is 9.78 Å². The van der Waals surface area contributed by atoms with E-state index in [1.165, 1.54) is 4.68 Å². The Labute approximate surface area is 189 Å².